The van der Waals surface area contributed by atoms with E-state index in [9.17, 15) is 0 Å². The number of hydrogen-bond donors (Lipinski definition) is 1. The molecule has 1 aliphatic rings. The zero-order chi connectivity index (χ0) is 13.7. The van der Waals surface area contributed by atoms with Crippen LogP contribution in [0.15, 0.2) is 17.5 Å². The molecule has 0 spiro atoms. The Morgan fingerprint density at radius 1 is 1.53 bits per heavy atom. The maximum atomic E-state index is 3.63. The van der Waals surface area contributed by atoms with Gasteiger partial charge >= 0.3 is 0 Å². The molecule has 2 atom stereocenters. The van der Waals surface area contributed by atoms with Gasteiger partial charge in [0.1, 0.15) is 0 Å². The normalized spacial score (nSPS) is 22.8. The molecule has 4 heteroatoms. The highest BCUT2D eigenvalue weighted by Gasteiger charge is 2.20. The zero-order valence-corrected chi connectivity index (χ0v) is 13.2. The molecule has 0 saturated carbocycles. The lowest BCUT2D eigenvalue weighted by atomic mass is 10.1. The van der Waals surface area contributed by atoms with Crippen molar-refractivity contribution in [2.24, 2.45) is 0 Å². The average Bonchev–Trinajstić information content (AvgIpc) is 2.93. The summed E-state index contributed by atoms with van der Waals surface area (Å²) < 4.78 is 0. The Morgan fingerprint density at radius 2 is 2.37 bits per heavy atom. The van der Waals surface area contributed by atoms with Crippen LogP contribution in [-0.4, -0.2) is 56.1 Å². The monoisotopic (exact) mass is 281 g/mol. The maximum Gasteiger partial charge on any atom is 0.0386 e. The van der Waals surface area contributed by atoms with E-state index in [1.54, 1.807) is 0 Å². The number of likely N-dealkylation sites (N-methyl/N-ethyl adjacent to an activating group) is 1. The van der Waals surface area contributed by atoms with Gasteiger partial charge in [-0.3, -0.25) is 0 Å². The molecule has 1 fully saturated rings. The fourth-order valence-electron chi connectivity index (χ4n) is 2.73. The van der Waals surface area contributed by atoms with Gasteiger partial charge in [0.2, 0.25) is 0 Å². The predicted octanol–water partition coefficient (Wildman–Crippen LogP) is 2.42. The van der Waals surface area contributed by atoms with Crippen molar-refractivity contribution in [3.8, 4) is 0 Å². The molecule has 0 radical (unpaired) electrons. The van der Waals surface area contributed by atoms with Gasteiger partial charge in [0.25, 0.3) is 0 Å². The van der Waals surface area contributed by atoms with Crippen molar-refractivity contribution in [1.82, 2.24) is 15.1 Å². The van der Waals surface area contributed by atoms with Crippen LogP contribution in [0, 0.1) is 0 Å². The molecular weight excluding hydrogens is 254 g/mol. The molecule has 1 saturated heterocycles. The lowest BCUT2D eigenvalue weighted by molar-refractivity contribution is 0.133. The fourth-order valence-corrected chi connectivity index (χ4v) is 3.49. The topological polar surface area (TPSA) is 18.5 Å². The van der Waals surface area contributed by atoms with Crippen LogP contribution in [-0.2, 0) is 0 Å². The molecular formula is C15H27N3S. The van der Waals surface area contributed by atoms with Gasteiger partial charge in [0.05, 0.1) is 0 Å². The third kappa shape index (κ3) is 4.56. The van der Waals surface area contributed by atoms with Crippen molar-refractivity contribution in [2.75, 3.05) is 40.3 Å². The van der Waals surface area contributed by atoms with Crippen molar-refractivity contribution in [3.05, 3.63) is 22.4 Å². The molecule has 0 aromatic carbocycles. The summed E-state index contributed by atoms with van der Waals surface area (Å²) in [5.74, 6) is 0. The molecule has 2 unspecified atom stereocenters. The second-order valence-corrected chi connectivity index (χ2v) is 6.73. The molecule has 1 N–H and O–H groups in total. The van der Waals surface area contributed by atoms with Crippen molar-refractivity contribution >= 4 is 11.3 Å². The van der Waals surface area contributed by atoms with E-state index < -0.39 is 0 Å². The van der Waals surface area contributed by atoms with Crippen LogP contribution in [0.2, 0.25) is 0 Å². The summed E-state index contributed by atoms with van der Waals surface area (Å²) in [4.78, 5) is 6.40. The van der Waals surface area contributed by atoms with E-state index in [1.165, 1.54) is 37.4 Å². The lowest BCUT2D eigenvalue weighted by Gasteiger charge is -2.36. The highest BCUT2D eigenvalue weighted by Crippen LogP contribution is 2.18. The van der Waals surface area contributed by atoms with Crippen molar-refractivity contribution in [1.29, 1.82) is 0 Å². The third-order valence-corrected chi connectivity index (χ3v) is 5.11. The Morgan fingerprint density at radius 3 is 3.05 bits per heavy atom. The first-order chi connectivity index (χ1) is 9.16. The summed E-state index contributed by atoms with van der Waals surface area (Å²) in [6.07, 6.45) is 2.69. The minimum Gasteiger partial charge on any atom is -0.308 e. The van der Waals surface area contributed by atoms with E-state index in [4.69, 9.17) is 0 Å². The standard InChI is InChI=1S/C15H27N3S/c1-13(15-7-5-11-19-15)16-8-10-18-9-4-6-14(12-18)17(2)3/h5,7,11,13-14,16H,4,6,8-10,12H2,1-3H3. The molecule has 0 bridgehead atoms. The minimum absolute atomic E-state index is 0.481. The van der Waals surface area contributed by atoms with Crippen LogP contribution in [0.1, 0.15) is 30.7 Å². The summed E-state index contributed by atoms with van der Waals surface area (Å²) in [5.41, 5.74) is 0. The van der Waals surface area contributed by atoms with Crippen molar-refractivity contribution in [3.63, 3.8) is 0 Å². The van der Waals surface area contributed by atoms with Gasteiger partial charge in [-0.05, 0) is 51.9 Å². The summed E-state index contributed by atoms with van der Waals surface area (Å²) >= 11 is 1.84. The number of rotatable bonds is 6. The van der Waals surface area contributed by atoms with Gasteiger partial charge in [-0.25, -0.2) is 0 Å². The van der Waals surface area contributed by atoms with Crippen molar-refractivity contribution in [2.45, 2.75) is 31.8 Å². The molecule has 1 aromatic rings. The lowest BCUT2D eigenvalue weighted by Crippen LogP contribution is -2.47. The Hall–Kier alpha value is -0.420. The number of piperidine rings is 1. The van der Waals surface area contributed by atoms with Gasteiger partial charge < -0.3 is 15.1 Å². The minimum atomic E-state index is 0.481. The van der Waals surface area contributed by atoms with Gasteiger partial charge in [0.15, 0.2) is 0 Å². The van der Waals surface area contributed by atoms with Crippen molar-refractivity contribution < 1.29 is 0 Å². The number of hydrogen-bond acceptors (Lipinski definition) is 4. The SMILES string of the molecule is CC(NCCN1CCCC(N(C)C)C1)c1cccs1. The van der Waals surface area contributed by atoms with Gasteiger partial charge in [-0.1, -0.05) is 6.07 Å². The van der Waals surface area contributed by atoms with E-state index in [-0.39, 0.29) is 0 Å². The van der Waals surface area contributed by atoms with E-state index in [0.717, 1.165) is 12.6 Å². The molecule has 1 aromatic heterocycles. The van der Waals surface area contributed by atoms with Crippen LogP contribution in [0.3, 0.4) is 0 Å². The Balaban J connectivity index is 1.68. The maximum absolute atomic E-state index is 3.63. The Kier molecular flexibility index (Phi) is 5.82. The summed E-state index contributed by atoms with van der Waals surface area (Å²) in [5, 5.41) is 5.78. The summed E-state index contributed by atoms with van der Waals surface area (Å²) in [6.45, 7) is 6.99. The smallest absolute Gasteiger partial charge is 0.0386 e. The first kappa shape index (κ1) is 15.0. The molecule has 2 heterocycles. The molecule has 19 heavy (non-hydrogen) atoms. The van der Waals surface area contributed by atoms with Crippen LogP contribution in [0.25, 0.3) is 0 Å². The van der Waals surface area contributed by atoms with Gasteiger partial charge in [0, 0.05) is 36.6 Å². The quantitative estimate of drug-likeness (QED) is 0.864. The fraction of sp³-hybridized carbons (Fsp3) is 0.733. The Bertz CT molecular complexity index is 350. The zero-order valence-electron chi connectivity index (χ0n) is 12.4. The average molecular weight is 281 g/mol. The van der Waals surface area contributed by atoms with Gasteiger partial charge in [-0.2, -0.15) is 0 Å². The van der Waals surface area contributed by atoms with E-state index >= 15 is 0 Å². The second-order valence-electron chi connectivity index (χ2n) is 5.75. The molecule has 108 valence electrons. The number of nitrogens with one attached hydrogen (secondary N) is 1. The van der Waals surface area contributed by atoms with Crippen LogP contribution in [0.5, 0.6) is 0 Å². The predicted molar refractivity (Wildman–Crippen MR) is 83.9 cm³/mol. The molecule has 2 rings (SSSR count). The summed E-state index contributed by atoms with van der Waals surface area (Å²) in [6, 6.07) is 5.56. The van der Waals surface area contributed by atoms with E-state index in [0.29, 0.717) is 6.04 Å². The van der Waals surface area contributed by atoms with Crippen LogP contribution in [0.4, 0.5) is 0 Å². The Labute approximate surface area is 121 Å². The molecule has 0 aliphatic carbocycles. The molecule has 3 nitrogen and oxygen atoms in total. The highest BCUT2D eigenvalue weighted by molar-refractivity contribution is 7.10. The first-order valence-electron chi connectivity index (χ1n) is 7.32. The summed E-state index contributed by atoms with van der Waals surface area (Å²) in [7, 11) is 4.40. The number of thiophene rings is 1. The third-order valence-electron chi connectivity index (χ3n) is 4.06. The van der Waals surface area contributed by atoms with E-state index in [2.05, 4.69) is 53.6 Å². The second kappa shape index (κ2) is 7.39. The number of likely N-dealkylation sites (tertiary alicyclic amines) is 1. The molecule has 1 aliphatic heterocycles. The molecule has 0 amide bonds. The largest absolute Gasteiger partial charge is 0.308 e. The number of nitrogens with zero attached hydrogens (tertiary/aromatic N) is 2. The van der Waals surface area contributed by atoms with Gasteiger partial charge in [-0.15, -0.1) is 11.3 Å². The first-order valence-corrected chi connectivity index (χ1v) is 8.20. The van der Waals surface area contributed by atoms with Crippen LogP contribution < -0.4 is 5.32 Å². The van der Waals surface area contributed by atoms with Crippen LogP contribution >= 0.6 is 11.3 Å². The van der Waals surface area contributed by atoms with E-state index in [1.807, 2.05) is 11.3 Å². The highest BCUT2D eigenvalue weighted by atomic mass is 32.1.